The Hall–Kier alpha value is -4.25. The Morgan fingerprint density at radius 3 is 2.34 bits per heavy atom. The molecule has 4 aromatic carbocycles. The summed E-state index contributed by atoms with van der Waals surface area (Å²) in [5, 5.41) is 1.26. The maximum Gasteiger partial charge on any atom is 0.366 e. The van der Waals surface area contributed by atoms with Gasteiger partial charge in [-0.2, -0.15) is 0 Å². The fourth-order valence-electron chi connectivity index (χ4n) is 4.45. The van der Waals surface area contributed by atoms with Crippen LogP contribution in [0.15, 0.2) is 103 Å². The van der Waals surface area contributed by atoms with E-state index in [0.29, 0.717) is 22.4 Å². The van der Waals surface area contributed by atoms with Crippen molar-refractivity contribution in [2.75, 3.05) is 7.11 Å². The molecule has 1 atom stereocenters. The van der Waals surface area contributed by atoms with Gasteiger partial charge in [0.2, 0.25) is 5.78 Å². The first kappa shape index (κ1) is 24.1. The van der Waals surface area contributed by atoms with E-state index in [4.69, 9.17) is 25.2 Å². The van der Waals surface area contributed by atoms with E-state index in [1.165, 1.54) is 6.07 Å². The molecule has 8 heteroatoms. The summed E-state index contributed by atoms with van der Waals surface area (Å²) in [7, 11) is 1.61. The number of Topliss-reactive ketones (excluding diaryl/α,β-unsaturated/α-hetero) is 1. The van der Waals surface area contributed by atoms with Crippen LogP contribution in [-0.4, -0.2) is 17.9 Å². The van der Waals surface area contributed by atoms with Gasteiger partial charge in [0.15, 0.2) is 5.76 Å². The summed E-state index contributed by atoms with van der Waals surface area (Å²) < 4.78 is 30.1. The molecule has 0 fully saturated rings. The Morgan fingerprint density at radius 1 is 0.895 bits per heavy atom. The number of rotatable bonds is 6. The van der Waals surface area contributed by atoms with Crippen LogP contribution in [0.25, 0.3) is 28.2 Å². The highest BCUT2D eigenvalue weighted by Gasteiger charge is 2.30. The first-order chi connectivity index (χ1) is 18.4. The van der Waals surface area contributed by atoms with Crippen LogP contribution in [0.1, 0.15) is 15.9 Å². The molecule has 1 aromatic heterocycles. The van der Waals surface area contributed by atoms with Crippen LogP contribution >= 0.6 is 18.0 Å². The number of carbonyl (C=O) groups is 1. The summed E-state index contributed by atoms with van der Waals surface area (Å²) in [5.41, 5.74) is 3.89. The Kier molecular flexibility index (Phi) is 6.07. The van der Waals surface area contributed by atoms with E-state index < -0.39 is 6.72 Å². The minimum atomic E-state index is -3.64. The zero-order valence-electron chi connectivity index (χ0n) is 20.2. The van der Waals surface area contributed by atoms with E-state index in [1.54, 1.807) is 55.7 Å². The lowest BCUT2D eigenvalue weighted by atomic mass is 10.0. The molecule has 0 amide bonds. The standard InChI is InChI=1S/C30H21ClNO5P/c1-35-20-13-15-26-24(16-20)25(29(32-26)19-8-4-2-5-9-19)18-28-30(33)23-14-12-21(17-27(23)36-28)37-38(31,34)22-10-6-3-7-11-22/h2-18,32H,1H3/b28-18-. The summed E-state index contributed by atoms with van der Waals surface area (Å²) in [6.45, 7) is -3.64. The molecule has 0 saturated carbocycles. The number of ketones is 1. The van der Waals surface area contributed by atoms with Crippen molar-refractivity contribution in [1.29, 1.82) is 0 Å². The highest BCUT2D eigenvalue weighted by molar-refractivity contribution is 7.91. The number of carbonyl (C=O) groups excluding carboxylic acids is 1. The Labute approximate surface area is 223 Å². The van der Waals surface area contributed by atoms with Crippen molar-refractivity contribution >= 4 is 46.0 Å². The van der Waals surface area contributed by atoms with E-state index >= 15 is 0 Å². The van der Waals surface area contributed by atoms with E-state index in [2.05, 4.69) is 4.98 Å². The molecule has 1 aliphatic heterocycles. The zero-order chi connectivity index (χ0) is 26.3. The molecule has 0 spiro atoms. The topological polar surface area (TPSA) is 77.6 Å². The molecule has 188 valence electrons. The second-order valence-corrected chi connectivity index (χ2v) is 11.7. The number of methoxy groups -OCH3 is 1. The van der Waals surface area contributed by atoms with Crippen molar-refractivity contribution in [3.8, 4) is 28.5 Å². The van der Waals surface area contributed by atoms with Crippen molar-refractivity contribution in [1.82, 2.24) is 4.98 Å². The third-order valence-corrected chi connectivity index (χ3v) is 8.47. The van der Waals surface area contributed by atoms with Gasteiger partial charge in [-0.1, -0.05) is 48.5 Å². The number of benzene rings is 4. The SMILES string of the molecule is COc1ccc2[nH]c(-c3ccccc3)c(/C=C3\Oc4cc(OP(=O)(Cl)c5ccccc5)ccc4C3=O)c2c1. The van der Waals surface area contributed by atoms with Gasteiger partial charge in [0.25, 0.3) is 0 Å². The van der Waals surface area contributed by atoms with Gasteiger partial charge in [0, 0.05) is 22.5 Å². The Morgan fingerprint density at radius 2 is 1.61 bits per heavy atom. The molecule has 0 radical (unpaired) electrons. The molecule has 1 unspecified atom stereocenters. The number of hydrogen-bond donors (Lipinski definition) is 1. The number of allylic oxidation sites excluding steroid dienone is 1. The third-order valence-electron chi connectivity index (χ3n) is 6.31. The lowest BCUT2D eigenvalue weighted by Crippen LogP contribution is -2.04. The van der Waals surface area contributed by atoms with Crippen molar-refractivity contribution in [3.63, 3.8) is 0 Å². The van der Waals surface area contributed by atoms with Crippen LogP contribution in [0.5, 0.6) is 17.2 Å². The van der Waals surface area contributed by atoms with E-state index in [9.17, 15) is 9.36 Å². The monoisotopic (exact) mass is 541 g/mol. The number of nitrogens with one attached hydrogen (secondary N) is 1. The van der Waals surface area contributed by atoms with Crippen molar-refractivity contribution < 1.29 is 23.4 Å². The number of ether oxygens (including phenoxy) is 2. The highest BCUT2D eigenvalue weighted by atomic mass is 35.7. The first-order valence-electron chi connectivity index (χ1n) is 11.8. The Bertz CT molecular complexity index is 1760. The molecule has 38 heavy (non-hydrogen) atoms. The number of aromatic amines is 1. The summed E-state index contributed by atoms with van der Waals surface area (Å²) in [5.74, 6) is 1.14. The molecule has 0 bridgehead atoms. The van der Waals surface area contributed by atoms with Crippen LogP contribution in [0.3, 0.4) is 0 Å². The zero-order valence-corrected chi connectivity index (χ0v) is 21.8. The molecule has 2 heterocycles. The second kappa shape index (κ2) is 9.56. The molecule has 0 saturated heterocycles. The largest absolute Gasteiger partial charge is 0.497 e. The highest BCUT2D eigenvalue weighted by Crippen LogP contribution is 2.52. The normalized spacial score (nSPS) is 15.2. The predicted octanol–water partition coefficient (Wildman–Crippen LogP) is 7.60. The van der Waals surface area contributed by atoms with Gasteiger partial charge < -0.3 is 19.0 Å². The quantitative estimate of drug-likeness (QED) is 0.177. The van der Waals surface area contributed by atoms with Gasteiger partial charge in [-0.05, 0) is 65.3 Å². The van der Waals surface area contributed by atoms with E-state index in [1.807, 2.05) is 48.5 Å². The van der Waals surface area contributed by atoms with Gasteiger partial charge in [-0.25, -0.2) is 0 Å². The maximum absolute atomic E-state index is 13.3. The van der Waals surface area contributed by atoms with Crippen molar-refractivity contribution in [2.45, 2.75) is 0 Å². The van der Waals surface area contributed by atoms with Gasteiger partial charge in [-0.3, -0.25) is 9.36 Å². The number of fused-ring (bicyclic) bond motifs is 2. The minimum Gasteiger partial charge on any atom is -0.497 e. The van der Waals surface area contributed by atoms with Gasteiger partial charge in [-0.15, -0.1) is 0 Å². The summed E-state index contributed by atoms with van der Waals surface area (Å²) >= 11 is 6.26. The molecular weight excluding hydrogens is 521 g/mol. The Balaban J connectivity index is 1.38. The van der Waals surface area contributed by atoms with Crippen LogP contribution in [-0.2, 0) is 4.57 Å². The molecule has 6 nitrogen and oxygen atoms in total. The van der Waals surface area contributed by atoms with Gasteiger partial charge in [0.1, 0.15) is 17.2 Å². The van der Waals surface area contributed by atoms with Crippen LogP contribution in [0.4, 0.5) is 0 Å². The average Bonchev–Trinajstić information content (AvgIpc) is 3.46. The average molecular weight is 542 g/mol. The number of aromatic nitrogens is 1. The summed E-state index contributed by atoms with van der Waals surface area (Å²) in [6.07, 6.45) is 1.74. The molecule has 6 rings (SSSR count). The predicted molar refractivity (Wildman–Crippen MR) is 150 cm³/mol. The van der Waals surface area contributed by atoms with Crippen LogP contribution < -0.4 is 19.3 Å². The van der Waals surface area contributed by atoms with Gasteiger partial charge in [0.05, 0.1) is 23.7 Å². The second-order valence-electron chi connectivity index (χ2n) is 8.70. The molecular formula is C30H21ClNO5P. The van der Waals surface area contributed by atoms with Crippen molar-refractivity contribution in [2.24, 2.45) is 0 Å². The van der Waals surface area contributed by atoms with E-state index in [0.717, 1.165) is 27.7 Å². The number of hydrogen-bond acceptors (Lipinski definition) is 5. The van der Waals surface area contributed by atoms with Gasteiger partial charge >= 0.3 is 6.72 Å². The maximum atomic E-state index is 13.3. The van der Waals surface area contributed by atoms with Crippen molar-refractivity contribution in [3.05, 3.63) is 114 Å². The first-order valence-corrected chi connectivity index (χ1v) is 14.3. The fourth-order valence-corrected chi connectivity index (χ4v) is 6.05. The molecule has 1 aliphatic rings. The van der Waals surface area contributed by atoms with Crippen LogP contribution in [0.2, 0.25) is 0 Å². The molecule has 1 N–H and O–H groups in total. The molecule has 5 aromatic rings. The smallest absolute Gasteiger partial charge is 0.366 e. The number of halogens is 1. The molecule has 0 aliphatic carbocycles. The van der Waals surface area contributed by atoms with Crippen LogP contribution in [0, 0.1) is 0 Å². The number of H-pyrrole nitrogens is 1. The van der Waals surface area contributed by atoms with E-state index in [-0.39, 0.29) is 17.3 Å². The third kappa shape index (κ3) is 4.38. The lowest BCUT2D eigenvalue weighted by Gasteiger charge is -2.13. The minimum absolute atomic E-state index is 0.162. The fraction of sp³-hybridized carbons (Fsp3) is 0.0333. The summed E-state index contributed by atoms with van der Waals surface area (Å²) in [4.78, 5) is 16.8. The summed E-state index contributed by atoms with van der Waals surface area (Å²) in [6, 6.07) is 28.8. The lowest BCUT2D eigenvalue weighted by molar-refractivity contribution is 0.101.